The van der Waals surface area contributed by atoms with E-state index in [4.69, 9.17) is 0 Å². The van der Waals surface area contributed by atoms with Crippen molar-refractivity contribution < 1.29 is 13.2 Å². The first-order valence-electron chi connectivity index (χ1n) is 9.45. The standard InChI is InChI=1S/C20H26N2O3S/c23-19(14-20-11-16-8-17(12-20)10-18(9-16)13-20)21-22-26(24,25)7-6-15-4-2-1-3-5-15/h1-7,16-18,22H,8-14H2,(H,21,23). The first-order valence-corrected chi connectivity index (χ1v) is 11.0. The van der Waals surface area contributed by atoms with E-state index in [1.165, 1.54) is 25.3 Å². The zero-order valence-electron chi connectivity index (χ0n) is 14.9. The van der Waals surface area contributed by atoms with Crippen LogP contribution in [0.25, 0.3) is 6.08 Å². The molecule has 0 atom stereocenters. The Morgan fingerprint density at radius 3 is 2.19 bits per heavy atom. The first kappa shape index (κ1) is 17.7. The number of hydrogen-bond acceptors (Lipinski definition) is 3. The SMILES string of the molecule is O=C(CC12CC3CC(CC(C3)C1)C2)NNS(=O)(=O)C=Cc1ccccc1. The van der Waals surface area contributed by atoms with Gasteiger partial charge in [0.15, 0.2) is 0 Å². The topological polar surface area (TPSA) is 75.3 Å². The van der Waals surface area contributed by atoms with E-state index in [-0.39, 0.29) is 11.3 Å². The minimum Gasteiger partial charge on any atom is -0.278 e. The Kier molecular flexibility index (Phi) is 4.65. The average molecular weight is 375 g/mol. The third-order valence-electron chi connectivity index (χ3n) is 6.27. The molecule has 4 bridgehead atoms. The number of amides is 1. The summed E-state index contributed by atoms with van der Waals surface area (Å²) in [6.07, 6.45) is 9.33. The van der Waals surface area contributed by atoms with Crippen LogP contribution in [0.15, 0.2) is 35.7 Å². The van der Waals surface area contributed by atoms with Crippen LogP contribution < -0.4 is 10.3 Å². The van der Waals surface area contributed by atoms with Crippen molar-refractivity contribution in [1.82, 2.24) is 10.3 Å². The van der Waals surface area contributed by atoms with Gasteiger partial charge in [-0.1, -0.05) is 30.3 Å². The molecule has 1 aromatic rings. The molecule has 5 nitrogen and oxygen atoms in total. The summed E-state index contributed by atoms with van der Waals surface area (Å²) in [5.74, 6) is 2.11. The van der Waals surface area contributed by atoms with Crippen LogP contribution in [-0.2, 0) is 14.8 Å². The average Bonchev–Trinajstić information content (AvgIpc) is 2.58. The smallest absolute Gasteiger partial charge is 0.250 e. The lowest BCUT2D eigenvalue weighted by Gasteiger charge is -2.56. The van der Waals surface area contributed by atoms with Crippen molar-refractivity contribution in [2.24, 2.45) is 23.2 Å². The van der Waals surface area contributed by atoms with Crippen molar-refractivity contribution in [3.05, 3.63) is 41.3 Å². The molecule has 4 aliphatic rings. The van der Waals surface area contributed by atoms with E-state index in [2.05, 4.69) is 10.3 Å². The Labute approximate surface area is 155 Å². The minimum absolute atomic E-state index is 0.101. The maximum Gasteiger partial charge on any atom is 0.250 e. The third kappa shape index (κ3) is 4.01. The van der Waals surface area contributed by atoms with Gasteiger partial charge in [-0.05, 0) is 73.3 Å². The predicted molar refractivity (Wildman–Crippen MR) is 101 cm³/mol. The molecule has 4 saturated carbocycles. The van der Waals surface area contributed by atoms with Crippen molar-refractivity contribution >= 4 is 22.0 Å². The Balaban J connectivity index is 1.32. The van der Waals surface area contributed by atoms with E-state index in [1.807, 2.05) is 30.3 Å². The van der Waals surface area contributed by atoms with Gasteiger partial charge in [-0.25, -0.2) is 8.42 Å². The van der Waals surface area contributed by atoms with E-state index < -0.39 is 10.0 Å². The molecule has 0 saturated heterocycles. The molecule has 26 heavy (non-hydrogen) atoms. The number of carbonyl (C=O) groups is 1. The number of sulfonamides is 1. The van der Waals surface area contributed by atoms with Gasteiger partial charge in [0.25, 0.3) is 10.0 Å². The zero-order valence-corrected chi connectivity index (χ0v) is 15.7. The van der Waals surface area contributed by atoms with Crippen molar-refractivity contribution in [1.29, 1.82) is 0 Å². The highest BCUT2D eigenvalue weighted by Crippen LogP contribution is 2.61. The predicted octanol–water partition coefficient (Wildman–Crippen LogP) is 3.21. The van der Waals surface area contributed by atoms with Gasteiger partial charge in [-0.3, -0.25) is 10.2 Å². The summed E-state index contributed by atoms with van der Waals surface area (Å²) in [6, 6.07) is 9.18. The fourth-order valence-electron chi connectivity index (χ4n) is 5.79. The fraction of sp³-hybridized carbons (Fsp3) is 0.550. The second-order valence-electron chi connectivity index (χ2n) is 8.50. The van der Waals surface area contributed by atoms with Crippen molar-refractivity contribution in [3.8, 4) is 0 Å². The summed E-state index contributed by atoms with van der Waals surface area (Å²) in [5, 5.41) is 1.08. The summed E-state index contributed by atoms with van der Waals surface area (Å²) in [4.78, 5) is 14.6. The van der Waals surface area contributed by atoms with E-state index in [0.717, 1.165) is 48.0 Å². The lowest BCUT2D eigenvalue weighted by molar-refractivity contribution is -0.129. The monoisotopic (exact) mass is 374 g/mol. The molecule has 5 rings (SSSR count). The Bertz CT molecular complexity index is 766. The summed E-state index contributed by atoms with van der Waals surface area (Å²) in [7, 11) is -3.70. The quantitative estimate of drug-likeness (QED) is 0.751. The second kappa shape index (κ2) is 6.82. The molecule has 4 aliphatic carbocycles. The Morgan fingerprint density at radius 1 is 1.04 bits per heavy atom. The van der Waals surface area contributed by atoms with Gasteiger partial charge in [0, 0.05) is 11.8 Å². The van der Waals surface area contributed by atoms with Crippen molar-refractivity contribution in [3.63, 3.8) is 0 Å². The summed E-state index contributed by atoms with van der Waals surface area (Å²) >= 11 is 0. The Hall–Kier alpha value is -1.66. The van der Waals surface area contributed by atoms with Crippen LogP contribution in [0.4, 0.5) is 0 Å². The third-order valence-corrected chi connectivity index (χ3v) is 7.15. The highest BCUT2D eigenvalue weighted by molar-refractivity contribution is 7.92. The highest BCUT2D eigenvalue weighted by atomic mass is 32.2. The molecule has 140 valence electrons. The van der Waals surface area contributed by atoms with Crippen molar-refractivity contribution in [2.75, 3.05) is 0 Å². The first-order chi connectivity index (χ1) is 12.4. The van der Waals surface area contributed by atoms with Crippen LogP contribution in [0.3, 0.4) is 0 Å². The molecule has 1 amide bonds. The molecule has 0 unspecified atom stereocenters. The number of carbonyl (C=O) groups excluding carboxylic acids is 1. The minimum atomic E-state index is -3.70. The van der Waals surface area contributed by atoms with Crippen LogP contribution in [-0.4, -0.2) is 14.3 Å². The summed E-state index contributed by atoms with van der Waals surface area (Å²) < 4.78 is 24.1. The number of benzene rings is 1. The van der Waals surface area contributed by atoms with Crippen LogP contribution in [0, 0.1) is 23.2 Å². The van der Waals surface area contributed by atoms with Gasteiger partial charge >= 0.3 is 0 Å². The second-order valence-corrected chi connectivity index (χ2v) is 10.1. The summed E-state index contributed by atoms with van der Waals surface area (Å²) in [5.41, 5.74) is 3.30. The number of hydrazine groups is 1. The summed E-state index contributed by atoms with van der Waals surface area (Å²) in [6.45, 7) is 0. The molecule has 6 heteroatoms. The molecule has 1 aromatic carbocycles. The lowest BCUT2D eigenvalue weighted by Crippen LogP contribution is -2.49. The van der Waals surface area contributed by atoms with Crippen molar-refractivity contribution in [2.45, 2.75) is 44.9 Å². The zero-order chi connectivity index (χ0) is 18.2. The van der Waals surface area contributed by atoms with Crippen LogP contribution in [0.5, 0.6) is 0 Å². The molecule has 0 heterocycles. The van der Waals surface area contributed by atoms with Gasteiger partial charge in [0.1, 0.15) is 0 Å². The lowest BCUT2D eigenvalue weighted by atomic mass is 9.49. The molecule has 0 radical (unpaired) electrons. The normalized spacial score (nSPS) is 32.8. The van der Waals surface area contributed by atoms with E-state index in [1.54, 1.807) is 0 Å². The number of hydrogen-bond donors (Lipinski definition) is 2. The molecule has 4 fully saturated rings. The van der Waals surface area contributed by atoms with Crippen LogP contribution in [0.2, 0.25) is 0 Å². The van der Waals surface area contributed by atoms with E-state index in [0.29, 0.717) is 6.42 Å². The van der Waals surface area contributed by atoms with Gasteiger partial charge in [-0.15, -0.1) is 4.83 Å². The van der Waals surface area contributed by atoms with Gasteiger partial charge in [-0.2, -0.15) is 0 Å². The van der Waals surface area contributed by atoms with E-state index >= 15 is 0 Å². The number of nitrogens with one attached hydrogen (secondary N) is 2. The maximum absolute atomic E-state index is 12.4. The highest BCUT2D eigenvalue weighted by Gasteiger charge is 2.51. The maximum atomic E-state index is 12.4. The molecular weight excluding hydrogens is 348 g/mol. The van der Waals surface area contributed by atoms with Crippen LogP contribution in [0.1, 0.15) is 50.5 Å². The Morgan fingerprint density at radius 2 is 1.62 bits per heavy atom. The van der Waals surface area contributed by atoms with E-state index in [9.17, 15) is 13.2 Å². The molecule has 0 aliphatic heterocycles. The van der Waals surface area contributed by atoms with Gasteiger partial charge in [0.05, 0.1) is 0 Å². The van der Waals surface area contributed by atoms with Crippen LogP contribution >= 0.6 is 0 Å². The fourth-order valence-corrected chi connectivity index (χ4v) is 6.45. The molecule has 0 spiro atoms. The molecular formula is C20H26N2O3S. The number of rotatable bonds is 6. The molecule has 2 N–H and O–H groups in total. The van der Waals surface area contributed by atoms with Gasteiger partial charge in [0.2, 0.25) is 5.91 Å². The molecule has 0 aromatic heterocycles. The largest absolute Gasteiger partial charge is 0.278 e. The van der Waals surface area contributed by atoms with Gasteiger partial charge < -0.3 is 0 Å².